The molecule has 0 aromatic heterocycles. The predicted molar refractivity (Wildman–Crippen MR) is 356 cm³/mol. The number of nitrogens with one attached hydrogen (secondary N) is 2. The Morgan fingerprint density at radius 2 is 1.27 bits per heavy atom. The van der Waals surface area contributed by atoms with Crippen molar-refractivity contribution in [1.82, 2.24) is 20.4 Å². The van der Waals surface area contributed by atoms with Crippen LogP contribution in [0.1, 0.15) is 105 Å². The van der Waals surface area contributed by atoms with E-state index >= 15 is 0 Å². The quantitative estimate of drug-likeness (QED) is 0.0154. The van der Waals surface area contributed by atoms with E-state index in [-0.39, 0.29) is 158 Å². The van der Waals surface area contributed by atoms with E-state index in [0.717, 1.165) is 10.5 Å². The molecule has 34 nitrogen and oxygen atoms in total. The van der Waals surface area contributed by atoms with Crippen LogP contribution in [0.3, 0.4) is 0 Å². The van der Waals surface area contributed by atoms with E-state index < -0.39 is 123 Å². The number of amides is 5. The highest BCUT2D eigenvalue weighted by Crippen LogP contribution is 2.44. The lowest BCUT2D eigenvalue weighted by atomic mass is 10.0. The molecule has 103 heavy (non-hydrogen) atoms. The van der Waals surface area contributed by atoms with Crippen LogP contribution in [0.4, 0.5) is 21.0 Å². The molecule has 6 heterocycles. The first-order valence-electron chi connectivity index (χ1n) is 33.2. The van der Waals surface area contributed by atoms with Gasteiger partial charge in [0, 0.05) is 63.8 Å². The molecule has 4 saturated heterocycles. The van der Waals surface area contributed by atoms with Gasteiger partial charge in [0.2, 0.25) is 12.6 Å². The summed E-state index contributed by atoms with van der Waals surface area (Å²) in [4.78, 5) is 105. The lowest BCUT2D eigenvalue weighted by molar-refractivity contribution is -0.238. The van der Waals surface area contributed by atoms with Crippen LogP contribution in [0, 0.1) is 0 Å². The number of nitrogens with zero attached hydrogens (tertiary/aromatic N) is 4. The second kappa shape index (κ2) is 34.2. The van der Waals surface area contributed by atoms with Crippen molar-refractivity contribution in [2.75, 3.05) is 90.3 Å². The summed E-state index contributed by atoms with van der Waals surface area (Å²) in [5.74, 6) is 1.03. The lowest BCUT2D eigenvalue weighted by Crippen LogP contribution is -2.53. The molecule has 558 valence electrons. The Morgan fingerprint density at radius 1 is 0.650 bits per heavy atom. The predicted octanol–water partition coefficient (Wildman–Crippen LogP) is 2.34. The Labute approximate surface area is 590 Å². The number of methoxy groups -OCH3 is 3. The van der Waals surface area contributed by atoms with Crippen LogP contribution < -0.4 is 54.8 Å². The Kier molecular flexibility index (Phi) is 25.3. The summed E-state index contributed by atoms with van der Waals surface area (Å²) >= 11 is 0. The van der Waals surface area contributed by atoms with Crippen molar-refractivity contribution in [3.05, 3.63) is 118 Å². The molecule has 5 amide bonds. The maximum Gasteiger partial charge on any atom is 0.416 e. The number of carbonyl (C=O) groups is 7. The van der Waals surface area contributed by atoms with Crippen LogP contribution in [-0.2, 0) is 51.3 Å². The number of carbonyl (C=O) groups excluding carboxylic acids is 5. The number of aliphatic hydroxyl groups is 6. The molecular weight excluding hydrogens is 1360 g/mol. The van der Waals surface area contributed by atoms with E-state index in [1.807, 2.05) is 0 Å². The highest BCUT2D eigenvalue weighted by Gasteiger charge is 2.48. The maximum absolute atomic E-state index is 14.5. The third-order valence-electron chi connectivity index (χ3n) is 18.1. The van der Waals surface area contributed by atoms with E-state index in [0.29, 0.717) is 43.2 Å². The highest BCUT2D eigenvalue weighted by atomic mass is 16.7. The van der Waals surface area contributed by atoms with E-state index in [2.05, 4.69) is 28.6 Å². The van der Waals surface area contributed by atoms with Gasteiger partial charge in [-0.2, -0.15) is 0 Å². The van der Waals surface area contributed by atoms with Crippen molar-refractivity contribution >= 4 is 53.2 Å². The number of ether oxygens (including phenoxy) is 11. The van der Waals surface area contributed by atoms with Gasteiger partial charge in [0.05, 0.1) is 99.5 Å². The lowest BCUT2D eigenvalue weighted by Gasteiger charge is -2.35. The average molecular weight is 1440 g/mol. The Hall–Kier alpha value is -9.43. The number of nitrogens with two attached hydrogens (primary N) is 1. The first-order valence-corrected chi connectivity index (χ1v) is 33.2. The van der Waals surface area contributed by atoms with Crippen LogP contribution >= 0.6 is 0 Å². The summed E-state index contributed by atoms with van der Waals surface area (Å²) in [6.45, 7) is 8.38. The summed E-state index contributed by atoms with van der Waals surface area (Å²) in [6, 6.07) is 12.9. The summed E-state index contributed by atoms with van der Waals surface area (Å²) in [6.07, 6.45) is -16.4. The zero-order valence-corrected chi connectivity index (χ0v) is 56.8. The van der Waals surface area contributed by atoms with Gasteiger partial charge < -0.3 is 113 Å². The first-order chi connectivity index (χ1) is 49.4. The van der Waals surface area contributed by atoms with Gasteiger partial charge in [0.1, 0.15) is 43.1 Å². The number of fused-ring (bicyclic) bond motifs is 4. The molecule has 4 aromatic carbocycles. The number of hydrogen-bond acceptors (Lipinski definition) is 27. The maximum atomic E-state index is 14.5. The molecule has 34 heteroatoms. The number of benzene rings is 4. The minimum absolute atomic E-state index is 0.00946. The molecule has 0 saturated carbocycles. The fourth-order valence-corrected chi connectivity index (χ4v) is 12.8. The summed E-state index contributed by atoms with van der Waals surface area (Å²) in [5.41, 5.74) is 2.15. The number of aliphatic hydroxyl groups excluding tert-OH is 6. The summed E-state index contributed by atoms with van der Waals surface area (Å²) < 4.78 is 63.6. The molecule has 6 aliphatic rings. The average Bonchev–Trinajstić information content (AvgIpc) is 1.62. The van der Waals surface area contributed by atoms with Crippen LogP contribution in [-0.4, -0.2) is 240 Å². The second-order valence-electron chi connectivity index (χ2n) is 25.3. The monoisotopic (exact) mass is 1440 g/mol. The minimum atomic E-state index is -1.80. The largest absolute Gasteiger partial charge is 0.493 e. The molecule has 0 aliphatic carbocycles. The summed E-state index contributed by atoms with van der Waals surface area (Å²) in [5, 5.41) is 90.0. The van der Waals surface area contributed by atoms with Gasteiger partial charge in [-0.05, 0) is 86.1 Å². The van der Waals surface area contributed by atoms with E-state index in [9.17, 15) is 74.4 Å². The zero-order chi connectivity index (χ0) is 73.9. The van der Waals surface area contributed by atoms with Crippen molar-refractivity contribution < 1.29 is 131 Å². The SMILES string of the molecule is C=C1C[C@H]2CN(C(=O)OCc3ccc(O[C@H]4C[C@@H](O)[C@H](O)[C@@H](C(=O)O)O4)c(C(O)NCCOC)c3)c3cc(OCCCCCOc4cc5c(cc4OC)C(=O)N4CC(=C)C[C@H]4C(O)N5C(=O)OCc4ccc(O[C@@H]5O[C@H](C(=O)O)C[C@H](O)[C@H]5O)c(C(=O)NCCCON)c4)c(OC)cc3C(=O)N2C1. The third kappa shape index (κ3) is 17.6. The number of unbranched alkanes of at least 4 members (excludes halogenated alkanes) is 2. The van der Waals surface area contributed by atoms with Gasteiger partial charge in [-0.25, -0.2) is 30.0 Å². The molecule has 10 rings (SSSR count). The van der Waals surface area contributed by atoms with Gasteiger partial charge in [-0.1, -0.05) is 36.4 Å². The molecule has 4 fully saturated rings. The van der Waals surface area contributed by atoms with Crippen molar-refractivity contribution in [2.45, 2.75) is 138 Å². The van der Waals surface area contributed by atoms with E-state index in [4.69, 9.17) is 58.0 Å². The fraction of sp³-hybridized carbons (Fsp3) is 0.493. The number of anilines is 2. The number of aliphatic carboxylic acids is 2. The van der Waals surface area contributed by atoms with Gasteiger partial charge in [-0.15, -0.1) is 0 Å². The van der Waals surface area contributed by atoms with Gasteiger partial charge >= 0.3 is 24.1 Å². The number of carboxylic acids is 2. The minimum Gasteiger partial charge on any atom is -0.493 e. The third-order valence-corrected chi connectivity index (χ3v) is 18.1. The number of rotatable bonds is 30. The van der Waals surface area contributed by atoms with Crippen LogP contribution in [0.5, 0.6) is 34.5 Å². The van der Waals surface area contributed by atoms with Crippen LogP contribution in [0.15, 0.2) is 85.0 Å². The van der Waals surface area contributed by atoms with Crippen molar-refractivity contribution in [1.29, 1.82) is 0 Å². The van der Waals surface area contributed by atoms with Gasteiger partial charge in [0.25, 0.3) is 17.7 Å². The van der Waals surface area contributed by atoms with Crippen molar-refractivity contribution in [2.24, 2.45) is 5.90 Å². The number of hydrogen-bond donors (Lipinski definition) is 11. The topological polar surface area (TPSA) is 455 Å². The summed E-state index contributed by atoms with van der Waals surface area (Å²) in [7, 11) is 4.25. The molecule has 0 radical (unpaired) electrons. The molecule has 12 atom stereocenters. The van der Waals surface area contributed by atoms with E-state index in [1.165, 1.54) is 91.8 Å². The van der Waals surface area contributed by atoms with Gasteiger partial charge in [-0.3, -0.25) is 24.6 Å². The molecule has 6 aliphatic heterocycles. The van der Waals surface area contributed by atoms with Gasteiger partial charge in [0.15, 0.2) is 41.4 Å². The van der Waals surface area contributed by atoms with Crippen LogP contribution in [0.2, 0.25) is 0 Å². The standard InChI is InChI=1S/C69H85N7O27/c1-35-20-39-32-75(68(90)97-33-37-10-12-49(42(22-37)61(82)72-15-19-92-3)100-56-29-48(78)57(79)59(103-56)66(88)89)44-26-53(51(93-4)24-40(44)62(83)73(39)30-35)95-16-7-6-8-17-96-54-27-45-41(25-52(54)94-5)63(84)74-31-36(2)21-46(74)64(85)76(45)69(91)98-34-38-11-13-50(43(23-38)60(81)71-14-9-18-99-70)101-67-58(80)47(77)28-55(102-67)65(86)87/h10-13,22-27,39,46-48,55-59,61,64,67,72,77-80,82,85H,1-2,6-9,14-21,28-34,70H2,3-5H3,(H,71,81)(H,86,87)(H,88,89)/t39-,46-,47-,48+,55-,56+,57-,58+,59-,61?,64?,67+/m0/s1. The Morgan fingerprint density at radius 3 is 1.93 bits per heavy atom. The first kappa shape index (κ1) is 76.2. The van der Waals surface area contributed by atoms with Crippen LogP contribution in [0.25, 0.3) is 0 Å². The number of carboxylic acid groups (broad SMARTS) is 2. The second-order valence-corrected chi connectivity index (χ2v) is 25.3. The normalized spacial score (nSPS) is 24.0. The molecule has 4 aromatic rings. The van der Waals surface area contributed by atoms with Crippen molar-refractivity contribution in [3.63, 3.8) is 0 Å². The molecule has 2 unspecified atom stereocenters. The highest BCUT2D eigenvalue weighted by molar-refractivity contribution is 6.07. The molecule has 0 spiro atoms. The Balaban J connectivity index is 0.811. The molecule has 0 bridgehead atoms. The zero-order valence-electron chi connectivity index (χ0n) is 56.8. The van der Waals surface area contributed by atoms with Crippen molar-refractivity contribution in [3.8, 4) is 34.5 Å². The fourth-order valence-electron chi connectivity index (χ4n) is 12.8. The van der Waals surface area contributed by atoms with E-state index in [1.54, 1.807) is 4.90 Å². The smallest absolute Gasteiger partial charge is 0.416 e. The molecule has 12 N–H and O–H groups in total. The Bertz CT molecular complexity index is 3800. The molecular formula is C69H85N7O27.